The molecule has 1 aromatic carbocycles. The maximum Gasteiger partial charge on any atom is 0.322 e. The molecule has 1 atom stereocenters. The normalized spacial score (nSPS) is 12.3. The monoisotopic (exact) mass is 277 g/mol. The van der Waals surface area contributed by atoms with Crippen LogP contribution in [0.25, 0.3) is 11.0 Å². The summed E-state index contributed by atoms with van der Waals surface area (Å²) in [7, 11) is 3.02. The molecule has 1 N–H and O–H groups in total. The summed E-state index contributed by atoms with van der Waals surface area (Å²) < 4.78 is 15.6. The Bertz CT molecular complexity index is 591. The molecule has 0 saturated heterocycles. The summed E-state index contributed by atoms with van der Waals surface area (Å²) in [6.45, 7) is 2.41. The van der Waals surface area contributed by atoms with E-state index in [0.717, 1.165) is 22.5 Å². The number of rotatable bonds is 6. The van der Waals surface area contributed by atoms with Gasteiger partial charge in [0.2, 0.25) is 0 Å². The van der Waals surface area contributed by atoms with Crippen LogP contribution in [0.2, 0.25) is 0 Å². The summed E-state index contributed by atoms with van der Waals surface area (Å²) in [6.07, 6.45) is 0.667. The fraction of sp³-hybridized carbons (Fsp3) is 0.400. The number of furan rings is 1. The van der Waals surface area contributed by atoms with Gasteiger partial charge in [-0.3, -0.25) is 10.1 Å². The Hall–Kier alpha value is -2.01. The maximum absolute atomic E-state index is 11.5. The van der Waals surface area contributed by atoms with Crippen molar-refractivity contribution in [3.05, 3.63) is 30.0 Å². The third kappa shape index (κ3) is 3.11. The molecule has 20 heavy (non-hydrogen) atoms. The lowest BCUT2D eigenvalue weighted by molar-refractivity contribution is -0.143. The average molecular weight is 277 g/mol. The van der Waals surface area contributed by atoms with Crippen molar-refractivity contribution in [3.8, 4) is 5.75 Å². The Morgan fingerprint density at radius 3 is 2.80 bits per heavy atom. The molecule has 0 aliphatic carbocycles. The predicted octanol–water partition coefficient (Wildman–Crippen LogP) is 2.48. The van der Waals surface area contributed by atoms with Gasteiger partial charge in [0, 0.05) is 5.39 Å². The summed E-state index contributed by atoms with van der Waals surface area (Å²) in [5.41, 5.74) is 0.800. The minimum Gasteiger partial charge on any atom is -0.497 e. The Balaban J connectivity index is 2.08. The smallest absolute Gasteiger partial charge is 0.322 e. The zero-order valence-corrected chi connectivity index (χ0v) is 11.9. The molecule has 0 radical (unpaired) electrons. The Kier molecular flexibility index (Phi) is 4.63. The highest BCUT2D eigenvalue weighted by Crippen LogP contribution is 2.24. The highest BCUT2D eigenvalue weighted by Gasteiger charge is 2.16. The number of benzene rings is 1. The van der Waals surface area contributed by atoms with Crippen LogP contribution < -0.4 is 10.1 Å². The number of methoxy groups -OCH3 is 2. The molecule has 0 spiro atoms. The highest BCUT2D eigenvalue weighted by atomic mass is 16.5. The first kappa shape index (κ1) is 14.4. The summed E-state index contributed by atoms with van der Waals surface area (Å²) in [5, 5.41) is 4.11. The summed E-state index contributed by atoms with van der Waals surface area (Å²) in [4.78, 5) is 11.5. The molecule has 1 unspecified atom stereocenters. The van der Waals surface area contributed by atoms with Crippen molar-refractivity contribution in [3.63, 3.8) is 0 Å². The largest absolute Gasteiger partial charge is 0.497 e. The molecule has 0 amide bonds. The minimum atomic E-state index is -0.317. The molecule has 0 saturated carbocycles. The van der Waals surface area contributed by atoms with Crippen LogP contribution in [-0.2, 0) is 16.1 Å². The van der Waals surface area contributed by atoms with Gasteiger partial charge in [0.25, 0.3) is 0 Å². The summed E-state index contributed by atoms with van der Waals surface area (Å²) in [6, 6.07) is 7.26. The van der Waals surface area contributed by atoms with Crippen LogP contribution in [0.4, 0.5) is 0 Å². The van der Waals surface area contributed by atoms with Crippen LogP contribution in [0.5, 0.6) is 5.75 Å². The molecule has 108 valence electrons. The van der Waals surface area contributed by atoms with Crippen molar-refractivity contribution < 1.29 is 18.7 Å². The lowest BCUT2D eigenvalue weighted by Gasteiger charge is -2.12. The zero-order chi connectivity index (χ0) is 14.5. The van der Waals surface area contributed by atoms with Crippen LogP contribution in [0, 0.1) is 0 Å². The van der Waals surface area contributed by atoms with Gasteiger partial charge in [0.15, 0.2) is 0 Å². The molecule has 0 aliphatic rings. The second-order valence-electron chi connectivity index (χ2n) is 4.48. The quantitative estimate of drug-likeness (QED) is 0.822. The fourth-order valence-electron chi connectivity index (χ4n) is 2.05. The molecule has 2 rings (SSSR count). The van der Waals surface area contributed by atoms with Gasteiger partial charge in [0.05, 0.1) is 20.8 Å². The number of esters is 1. The van der Waals surface area contributed by atoms with E-state index >= 15 is 0 Å². The van der Waals surface area contributed by atoms with Crippen molar-refractivity contribution in [1.82, 2.24) is 5.32 Å². The average Bonchev–Trinajstić information content (AvgIpc) is 2.89. The number of hydrogen-bond donors (Lipinski definition) is 1. The first-order chi connectivity index (χ1) is 9.67. The van der Waals surface area contributed by atoms with E-state index in [1.807, 2.05) is 31.2 Å². The van der Waals surface area contributed by atoms with Crippen molar-refractivity contribution in [2.45, 2.75) is 25.9 Å². The number of carbonyl (C=O) groups is 1. The molecular formula is C15H19NO4. The van der Waals surface area contributed by atoms with Crippen molar-refractivity contribution >= 4 is 16.9 Å². The number of ether oxygens (including phenoxy) is 2. The van der Waals surface area contributed by atoms with Gasteiger partial charge in [0.1, 0.15) is 23.1 Å². The molecule has 0 bridgehead atoms. The fourth-order valence-corrected chi connectivity index (χ4v) is 2.05. The zero-order valence-electron chi connectivity index (χ0n) is 11.9. The number of fused-ring (bicyclic) bond motifs is 1. The number of nitrogens with one attached hydrogen (secondary N) is 1. The van der Waals surface area contributed by atoms with Crippen LogP contribution in [0.15, 0.2) is 28.7 Å². The van der Waals surface area contributed by atoms with Gasteiger partial charge in [-0.15, -0.1) is 0 Å². The summed E-state index contributed by atoms with van der Waals surface area (Å²) >= 11 is 0. The molecule has 1 heterocycles. The van der Waals surface area contributed by atoms with Crippen molar-refractivity contribution in [2.24, 2.45) is 0 Å². The predicted molar refractivity (Wildman–Crippen MR) is 75.7 cm³/mol. The molecule has 1 aromatic heterocycles. The second kappa shape index (κ2) is 6.43. The van der Waals surface area contributed by atoms with E-state index in [0.29, 0.717) is 13.0 Å². The first-order valence-corrected chi connectivity index (χ1v) is 6.55. The van der Waals surface area contributed by atoms with Gasteiger partial charge in [-0.1, -0.05) is 6.92 Å². The van der Waals surface area contributed by atoms with E-state index in [4.69, 9.17) is 13.9 Å². The molecule has 2 aromatic rings. The topological polar surface area (TPSA) is 60.7 Å². The first-order valence-electron chi connectivity index (χ1n) is 6.55. The molecule has 5 heteroatoms. The molecular weight excluding hydrogens is 258 g/mol. The van der Waals surface area contributed by atoms with Crippen LogP contribution in [0.1, 0.15) is 19.1 Å². The minimum absolute atomic E-state index is 0.259. The van der Waals surface area contributed by atoms with E-state index < -0.39 is 0 Å². The van der Waals surface area contributed by atoms with E-state index in [-0.39, 0.29) is 12.0 Å². The third-order valence-electron chi connectivity index (χ3n) is 3.19. The lowest BCUT2D eigenvalue weighted by Crippen LogP contribution is -2.36. The second-order valence-corrected chi connectivity index (χ2v) is 4.48. The van der Waals surface area contributed by atoms with Gasteiger partial charge in [-0.05, 0) is 30.7 Å². The van der Waals surface area contributed by atoms with Crippen molar-refractivity contribution in [2.75, 3.05) is 14.2 Å². The number of carbonyl (C=O) groups excluding carboxylic acids is 1. The van der Waals surface area contributed by atoms with E-state index in [2.05, 4.69) is 5.32 Å². The highest BCUT2D eigenvalue weighted by molar-refractivity contribution is 5.79. The van der Waals surface area contributed by atoms with E-state index in [1.54, 1.807) is 7.11 Å². The molecule has 0 fully saturated rings. The van der Waals surface area contributed by atoms with Gasteiger partial charge in [-0.2, -0.15) is 0 Å². The van der Waals surface area contributed by atoms with Crippen LogP contribution in [0.3, 0.4) is 0 Å². The molecule has 5 nitrogen and oxygen atoms in total. The Morgan fingerprint density at radius 1 is 1.35 bits per heavy atom. The van der Waals surface area contributed by atoms with Gasteiger partial charge >= 0.3 is 5.97 Å². The maximum atomic E-state index is 11.5. The van der Waals surface area contributed by atoms with Gasteiger partial charge < -0.3 is 13.9 Å². The van der Waals surface area contributed by atoms with Crippen LogP contribution >= 0.6 is 0 Å². The number of hydrogen-bond acceptors (Lipinski definition) is 5. The Morgan fingerprint density at radius 2 is 2.15 bits per heavy atom. The molecule has 0 aliphatic heterocycles. The van der Waals surface area contributed by atoms with Crippen LogP contribution in [-0.4, -0.2) is 26.2 Å². The lowest BCUT2D eigenvalue weighted by atomic mass is 10.2. The van der Waals surface area contributed by atoms with Crippen molar-refractivity contribution in [1.29, 1.82) is 0 Å². The third-order valence-corrected chi connectivity index (χ3v) is 3.19. The van der Waals surface area contributed by atoms with Gasteiger partial charge in [-0.25, -0.2) is 0 Å². The SMILES string of the molecule is CCC(NCc1cc2cc(OC)ccc2o1)C(=O)OC. The van der Waals surface area contributed by atoms with E-state index in [1.165, 1.54) is 7.11 Å². The van der Waals surface area contributed by atoms with E-state index in [9.17, 15) is 4.79 Å². The standard InChI is InChI=1S/C15H19NO4/c1-4-13(15(17)19-3)16-9-12-8-10-7-11(18-2)5-6-14(10)20-12/h5-8,13,16H,4,9H2,1-3H3. The Labute approximate surface area is 117 Å². The summed E-state index contributed by atoms with van der Waals surface area (Å²) in [5.74, 6) is 1.31.